The normalized spacial score (nSPS) is 29.1. The van der Waals surface area contributed by atoms with Crippen LogP contribution in [0.3, 0.4) is 0 Å². The second-order valence-electron chi connectivity index (χ2n) is 6.43. The molecule has 0 aromatic heterocycles. The molecule has 5 heteroatoms. The van der Waals surface area contributed by atoms with Gasteiger partial charge in [0, 0.05) is 26.2 Å². The summed E-state index contributed by atoms with van der Waals surface area (Å²) in [5.41, 5.74) is 0. The first-order chi connectivity index (χ1) is 9.40. The van der Waals surface area contributed by atoms with Gasteiger partial charge >= 0.3 is 0 Å². The highest BCUT2D eigenvalue weighted by molar-refractivity contribution is 5.85. The van der Waals surface area contributed by atoms with E-state index in [-0.39, 0.29) is 12.4 Å². The summed E-state index contributed by atoms with van der Waals surface area (Å²) in [7, 11) is 0. The van der Waals surface area contributed by atoms with E-state index in [4.69, 9.17) is 9.47 Å². The molecule has 2 aliphatic heterocycles. The molecule has 0 bridgehead atoms. The molecule has 1 saturated carbocycles. The Hall–Kier alpha value is 0.130. The minimum absolute atomic E-state index is 0. The highest BCUT2D eigenvalue weighted by atomic mass is 35.5. The number of nitrogens with zero attached hydrogens (tertiary/aromatic N) is 1. The van der Waals surface area contributed by atoms with Gasteiger partial charge in [-0.15, -0.1) is 12.4 Å². The summed E-state index contributed by atoms with van der Waals surface area (Å²) in [6.45, 7) is 8.43. The van der Waals surface area contributed by atoms with Crippen LogP contribution in [0, 0.1) is 11.8 Å². The van der Waals surface area contributed by atoms with Gasteiger partial charge < -0.3 is 14.8 Å². The van der Waals surface area contributed by atoms with E-state index in [2.05, 4.69) is 10.2 Å². The Kier molecular flexibility index (Phi) is 7.05. The van der Waals surface area contributed by atoms with Crippen molar-refractivity contribution in [2.45, 2.75) is 31.8 Å². The molecule has 1 atom stereocenters. The maximum atomic E-state index is 5.82. The molecule has 3 rings (SSSR count). The van der Waals surface area contributed by atoms with Crippen molar-refractivity contribution in [3.8, 4) is 0 Å². The van der Waals surface area contributed by atoms with Gasteiger partial charge in [-0.3, -0.25) is 4.90 Å². The topological polar surface area (TPSA) is 33.7 Å². The lowest BCUT2D eigenvalue weighted by Gasteiger charge is -2.36. The number of morpholine rings is 1. The number of halogens is 1. The second kappa shape index (κ2) is 8.54. The Morgan fingerprint density at radius 3 is 2.60 bits per heavy atom. The van der Waals surface area contributed by atoms with Gasteiger partial charge in [0.05, 0.1) is 19.3 Å². The molecule has 1 aliphatic carbocycles. The van der Waals surface area contributed by atoms with Crippen LogP contribution >= 0.6 is 12.4 Å². The molecule has 0 aromatic carbocycles. The Labute approximate surface area is 129 Å². The van der Waals surface area contributed by atoms with Crippen molar-refractivity contribution in [2.24, 2.45) is 11.8 Å². The van der Waals surface area contributed by atoms with Gasteiger partial charge in [0.25, 0.3) is 0 Å². The molecule has 1 unspecified atom stereocenters. The van der Waals surface area contributed by atoms with Crippen molar-refractivity contribution in [3.05, 3.63) is 0 Å². The van der Waals surface area contributed by atoms with E-state index in [1.165, 1.54) is 45.3 Å². The van der Waals surface area contributed by atoms with Crippen molar-refractivity contribution in [2.75, 3.05) is 52.5 Å². The smallest absolute Gasteiger partial charge is 0.0935 e. The third-order valence-corrected chi connectivity index (χ3v) is 4.55. The van der Waals surface area contributed by atoms with Crippen LogP contribution in [0.5, 0.6) is 0 Å². The van der Waals surface area contributed by atoms with Crippen LogP contribution in [0.4, 0.5) is 0 Å². The van der Waals surface area contributed by atoms with E-state index in [0.717, 1.165) is 44.7 Å². The summed E-state index contributed by atoms with van der Waals surface area (Å²) in [5.74, 6) is 1.74. The molecular formula is C15H29ClN2O2. The summed E-state index contributed by atoms with van der Waals surface area (Å²) in [5, 5.41) is 3.44. The number of piperidine rings is 1. The largest absolute Gasteiger partial charge is 0.378 e. The molecule has 0 aromatic rings. The van der Waals surface area contributed by atoms with Crippen molar-refractivity contribution in [1.82, 2.24) is 10.2 Å². The van der Waals surface area contributed by atoms with Gasteiger partial charge in [-0.2, -0.15) is 0 Å². The zero-order chi connectivity index (χ0) is 12.9. The summed E-state index contributed by atoms with van der Waals surface area (Å²) >= 11 is 0. The summed E-state index contributed by atoms with van der Waals surface area (Å²) in [6, 6.07) is 0. The number of hydrogen-bond acceptors (Lipinski definition) is 4. The first kappa shape index (κ1) is 16.5. The minimum Gasteiger partial charge on any atom is -0.378 e. The molecule has 3 fully saturated rings. The van der Waals surface area contributed by atoms with Crippen LogP contribution < -0.4 is 5.32 Å². The fourth-order valence-electron chi connectivity index (χ4n) is 3.13. The van der Waals surface area contributed by atoms with Crippen molar-refractivity contribution >= 4 is 12.4 Å². The number of rotatable bonds is 6. The zero-order valence-corrected chi connectivity index (χ0v) is 13.2. The molecule has 0 radical (unpaired) electrons. The average molecular weight is 305 g/mol. The highest BCUT2D eigenvalue weighted by Crippen LogP contribution is 2.28. The van der Waals surface area contributed by atoms with E-state index in [9.17, 15) is 0 Å². The molecule has 20 heavy (non-hydrogen) atoms. The predicted octanol–water partition coefficient (Wildman–Crippen LogP) is 1.54. The van der Waals surface area contributed by atoms with Crippen molar-refractivity contribution < 1.29 is 9.47 Å². The Bertz CT molecular complexity index is 271. The maximum Gasteiger partial charge on any atom is 0.0935 e. The molecule has 2 heterocycles. The standard InChI is InChI=1S/C15H28N2O2.ClH/c1-2-14(1)11-18-12-15-10-17(7-8-19-15)9-13-3-5-16-6-4-13;/h13-16H,1-12H2;1H. The maximum absolute atomic E-state index is 5.82. The van der Waals surface area contributed by atoms with Crippen molar-refractivity contribution in [3.63, 3.8) is 0 Å². The third kappa shape index (κ3) is 5.49. The van der Waals surface area contributed by atoms with Crippen LogP contribution in [0.2, 0.25) is 0 Å². The Balaban J connectivity index is 0.00000147. The zero-order valence-electron chi connectivity index (χ0n) is 12.4. The molecule has 2 saturated heterocycles. The monoisotopic (exact) mass is 304 g/mol. The van der Waals surface area contributed by atoms with Crippen LogP contribution in [0.15, 0.2) is 0 Å². The van der Waals surface area contributed by atoms with Gasteiger partial charge in [-0.05, 0) is 50.6 Å². The van der Waals surface area contributed by atoms with Gasteiger partial charge in [-0.25, -0.2) is 0 Å². The van der Waals surface area contributed by atoms with E-state index in [0.29, 0.717) is 6.10 Å². The Morgan fingerprint density at radius 2 is 1.85 bits per heavy atom. The fraction of sp³-hybridized carbons (Fsp3) is 1.00. The summed E-state index contributed by atoms with van der Waals surface area (Å²) in [6.07, 6.45) is 5.70. The first-order valence-electron chi connectivity index (χ1n) is 8.02. The SMILES string of the molecule is C1CC(CN2CCOC(COCC3CC3)C2)CCN1.Cl. The third-order valence-electron chi connectivity index (χ3n) is 4.55. The van der Waals surface area contributed by atoms with E-state index in [1.54, 1.807) is 0 Å². The Morgan fingerprint density at radius 1 is 1.05 bits per heavy atom. The molecule has 0 spiro atoms. The predicted molar refractivity (Wildman–Crippen MR) is 82.6 cm³/mol. The van der Waals surface area contributed by atoms with Gasteiger partial charge in [0.15, 0.2) is 0 Å². The second-order valence-corrected chi connectivity index (χ2v) is 6.43. The number of ether oxygens (including phenoxy) is 2. The molecule has 4 nitrogen and oxygen atoms in total. The lowest BCUT2D eigenvalue weighted by molar-refractivity contribution is -0.0736. The summed E-state index contributed by atoms with van der Waals surface area (Å²) in [4.78, 5) is 2.59. The first-order valence-corrected chi connectivity index (χ1v) is 8.02. The van der Waals surface area contributed by atoms with Crippen molar-refractivity contribution in [1.29, 1.82) is 0 Å². The van der Waals surface area contributed by atoms with Crippen LogP contribution in [-0.2, 0) is 9.47 Å². The minimum atomic E-state index is 0. The highest BCUT2D eigenvalue weighted by Gasteiger charge is 2.25. The van der Waals surface area contributed by atoms with E-state index < -0.39 is 0 Å². The van der Waals surface area contributed by atoms with Crippen LogP contribution in [0.1, 0.15) is 25.7 Å². The van der Waals surface area contributed by atoms with Gasteiger partial charge in [-0.1, -0.05) is 0 Å². The fourth-order valence-corrected chi connectivity index (χ4v) is 3.13. The quantitative estimate of drug-likeness (QED) is 0.807. The molecular weight excluding hydrogens is 276 g/mol. The molecule has 0 amide bonds. The lowest BCUT2D eigenvalue weighted by Crippen LogP contribution is -2.47. The lowest BCUT2D eigenvalue weighted by atomic mass is 9.97. The van der Waals surface area contributed by atoms with Gasteiger partial charge in [0.1, 0.15) is 0 Å². The van der Waals surface area contributed by atoms with E-state index in [1.807, 2.05) is 0 Å². The number of hydrogen-bond donors (Lipinski definition) is 1. The summed E-state index contributed by atoms with van der Waals surface area (Å²) < 4.78 is 11.6. The molecule has 118 valence electrons. The van der Waals surface area contributed by atoms with Gasteiger partial charge in [0.2, 0.25) is 0 Å². The van der Waals surface area contributed by atoms with Crippen LogP contribution in [0.25, 0.3) is 0 Å². The van der Waals surface area contributed by atoms with E-state index >= 15 is 0 Å². The number of nitrogens with one attached hydrogen (secondary N) is 1. The average Bonchev–Trinajstić information content (AvgIpc) is 3.25. The molecule has 1 N–H and O–H groups in total. The molecule has 3 aliphatic rings. The van der Waals surface area contributed by atoms with Crippen LogP contribution in [-0.4, -0.2) is 63.5 Å².